The Labute approximate surface area is 180 Å². The minimum absolute atomic E-state index is 0.00288. The highest BCUT2D eigenvalue weighted by atomic mass is 16.6. The zero-order valence-corrected chi connectivity index (χ0v) is 17.5. The van der Waals surface area contributed by atoms with Crippen molar-refractivity contribution in [3.63, 3.8) is 0 Å². The molecule has 0 unspecified atom stereocenters. The van der Waals surface area contributed by atoms with Gasteiger partial charge in [-0.3, -0.25) is 14.9 Å². The van der Waals surface area contributed by atoms with Gasteiger partial charge < -0.3 is 9.84 Å². The normalized spacial score (nSPS) is 30.6. The van der Waals surface area contributed by atoms with Gasteiger partial charge in [-0.2, -0.15) is 0 Å². The molecule has 0 aliphatic heterocycles. The van der Waals surface area contributed by atoms with E-state index in [4.69, 9.17) is 4.74 Å². The Hall–Kier alpha value is -2.99. The van der Waals surface area contributed by atoms with Crippen molar-refractivity contribution in [3.8, 4) is 0 Å². The summed E-state index contributed by atoms with van der Waals surface area (Å²) in [5.74, 6) is -0.535. The van der Waals surface area contributed by atoms with Gasteiger partial charge in [0.15, 0.2) is 0 Å². The van der Waals surface area contributed by atoms with Crippen LogP contribution in [0.25, 0.3) is 0 Å². The highest BCUT2D eigenvalue weighted by Gasteiger charge is 2.66. The summed E-state index contributed by atoms with van der Waals surface area (Å²) in [5.41, 5.74) is 3.55. The van der Waals surface area contributed by atoms with Crippen molar-refractivity contribution in [1.29, 1.82) is 0 Å². The van der Waals surface area contributed by atoms with Crippen LogP contribution in [-0.2, 0) is 16.1 Å². The molecule has 160 valence electrons. The molecule has 0 radical (unpaired) electrons. The number of carbonyl (C=O) groups excluding carboxylic acids is 1. The van der Waals surface area contributed by atoms with Crippen LogP contribution in [0.1, 0.15) is 59.8 Å². The van der Waals surface area contributed by atoms with Crippen molar-refractivity contribution in [2.75, 3.05) is 0 Å². The highest BCUT2D eigenvalue weighted by molar-refractivity contribution is 5.83. The smallest absolute Gasteiger partial charge is 0.314 e. The van der Waals surface area contributed by atoms with E-state index in [1.807, 2.05) is 19.1 Å². The third-order valence-corrected chi connectivity index (χ3v) is 7.72. The van der Waals surface area contributed by atoms with E-state index in [9.17, 15) is 20.0 Å². The fourth-order valence-electron chi connectivity index (χ4n) is 6.34. The van der Waals surface area contributed by atoms with Crippen LogP contribution in [-0.4, -0.2) is 21.6 Å². The number of aryl methyl sites for hydroxylation is 1. The van der Waals surface area contributed by atoms with Crippen molar-refractivity contribution < 1.29 is 19.6 Å². The number of nitrogens with zero attached hydrogens (tertiary/aromatic N) is 1. The molecule has 3 aliphatic carbocycles. The molecule has 0 aromatic heterocycles. The van der Waals surface area contributed by atoms with Gasteiger partial charge in [0.25, 0.3) is 5.69 Å². The van der Waals surface area contributed by atoms with Crippen LogP contribution in [0.15, 0.2) is 54.6 Å². The third-order valence-electron chi connectivity index (χ3n) is 7.72. The number of non-ortho nitro benzene ring substituents is 1. The second-order valence-corrected chi connectivity index (χ2v) is 9.36. The van der Waals surface area contributed by atoms with Gasteiger partial charge in [0.2, 0.25) is 0 Å². The van der Waals surface area contributed by atoms with Gasteiger partial charge in [0.05, 0.1) is 16.4 Å². The molecule has 1 N–H and O–H groups in total. The molecule has 0 amide bonds. The molecular formula is C25H25NO5. The summed E-state index contributed by atoms with van der Waals surface area (Å²) in [6.45, 7) is 6.24. The number of rotatable bonds is 4. The van der Waals surface area contributed by atoms with E-state index in [2.05, 4.69) is 12.6 Å². The average molecular weight is 419 g/mol. The third kappa shape index (κ3) is 2.85. The number of esters is 1. The first kappa shape index (κ1) is 19.9. The van der Waals surface area contributed by atoms with Gasteiger partial charge in [-0.1, -0.05) is 24.8 Å². The summed E-state index contributed by atoms with van der Waals surface area (Å²) in [7, 11) is 0. The zero-order chi connectivity index (χ0) is 22.0. The van der Waals surface area contributed by atoms with Crippen LogP contribution in [0.5, 0.6) is 0 Å². The Kier molecular flexibility index (Phi) is 4.35. The Bertz CT molecular complexity index is 1110. The number of nitro benzene ring substituents is 1. The first-order valence-electron chi connectivity index (χ1n) is 10.7. The molecule has 5 rings (SSSR count). The second-order valence-electron chi connectivity index (χ2n) is 9.36. The lowest BCUT2D eigenvalue weighted by Crippen LogP contribution is -2.40. The van der Waals surface area contributed by atoms with E-state index in [1.165, 1.54) is 17.7 Å². The maximum absolute atomic E-state index is 13.5. The monoisotopic (exact) mass is 419 g/mol. The van der Waals surface area contributed by atoms with Gasteiger partial charge in [0, 0.05) is 17.5 Å². The molecule has 2 aromatic rings. The van der Waals surface area contributed by atoms with E-state index < -0.39 is 21.9 Å². The van der Waals surface area contributed by atoms with Crippen molar-refractivity contribution in [1.82, 2.24) is 0 Å². The summed E-state index contributed by atoms with van der Waals surface area (Å²) in [4.78, 5) is 23.9. The molecule has 0 heterocycles. The lowest BCUT2D eigenvalue weighted by molar-refractivity contribution is -0.384. The number of carbonyl (C=O) groups is 1. The van der Waals surface area contributed by atoms with Crippen molar-refractivity contribution >= 4 is 11.7 Å². The van der Waals surface area contributed by atoms with E-state index in [-0.39, 0.29) is 24.2 Å². The van der Waals surface area contributed by atoms with Crippen molar-refractivity contribution in [2.24, 2.45) is 5.41 Å². The molecule has 6 heteroatoms. The standard InChI is InChI=1S/C25H25NO5/c1-15-4-3-5-19-20-10-11-25(28)14-24(20,12-16(25)2)22(21(15)19)23(27)31-13-17-6-8-18(9-7-17)26(29)30/h3-9,20,22,28H,2,10-14H2,1H3/t20-,22+,24-,25-/m0/s1. The summed E-state index contributed by atoms with van der Waals surface area (Å²) >= 11 is 0. The number of hydrogen-bond acceptors (Lipinski definition) is 5. The van der Waals surface area contributed by atoms with Crippen LogP contribution in [0.3, 0.4) is 0 Å². The molecule has 1 spiro atoms. The fourth-order valence-corrected chi connectivity index (χ4v) is 6.34. The minimum Gasteiger partial charge on any atom is -0.460 e. The Balaban J connectivity index is 1.47. The van der Waals surface area contributed by atoms with Gasteiger partial charge in [0.1, 0.15) is 6.61 Å². The van der Waals surface area contributed by atoms with Crippen LogP contribution >= 0.6 is 0 Å². The van der Waals surface area contributed by atoms with Crippen molar-refractivity contribution in [2.45, 2.75) is 56.7 Å². The minimum atomic E-state index is -0.899. The number of ether oxygens (including phenoxy) is 1. The van der Waals surface area contributed by atoms with Gasteiger partial charge in [-0.25, -0.2) is 0 Å². The van der Waals surface area contributed by atoms with Gasteiger partial charge in [-0.15, -0.1) is 0 Å². The molecular weight excluding hydrogens is 394 g/mol. The van der Waals surface area contributed by atoms with Gasteiger partial charge >= 0.3 is 5.97 Å². The van der Waals surface area contributed by atoms with Crippen LogP contribution in [0, 0.1) is 22.5 Å². The largest absolute Gasteiger partial charge is 0.460 e. The fraction of sp³-hybridized carbons (Fsp3) is 0.400. The first-order chi connectivity index (χ1) is 14.7. The first-order valence-corrected chi connectivity index (χ1v) is 10.7. The lowest BCUT2D eigenvalue weighted by atomic mass is 9.63. The maximum Gasteiger partial charge on any atom is 0.314 e. The summed E-state index contributed by atoms with van der Waals surface area (Å²) in [6, 6.07) is 12.2. The summed E-state index contributed by atoms with van der Waals surface area (Å²) in [5, 5.41) is 22.0. The molecule has 31 heavy (non-hydrogen) atoms. The number of hydrogen-bond donors (Lipinski definition) is 1. The quantitative estimate of drug-likeness (QED) is 0.336. The van der Waals surface area contributed by atoms with Crippen LogP contribution < -0.4 is 0 Å². The number of benzene rings is 2. The van der Waals surface area contributed by atoms with Crippen LogP contribution in [0.2, 0.25) is 0 Å². The van der Waals surface area contributed by atoms with E-state index in [0.29, 0.717) is 24.8 Å². The Morgan fingerprint density at radius 1 is 1.29 bits per heavy atom. The molecule has 2 saturated carbocycles. The lowest BCUT2D eigenvalue weighted by Gasteiger charge is -2.41. The Morgan fingerprint density at radius 3 is 2.74 bits per heavy atom. The van der Waals surface area contributed by atoms with Crippen molar-refractivity contribution in [3.05, 3.63) is 87.0 Å². The molecule has 6 nitrogen and oxygen atoms in total. The second kappa shape index (κ2) is 6.76. The average Bonchev–Trinajstić information content (AvgIpc) is 3.13. The van der Waals surface area contributed by atoms with E-state index in [0.717, 1.165) is 23.1 Å². The van der Waals surface area contributed by atoms with Crippen LogP contribution in [0.4, 0.5) is 5.69 Å². The molecule has 2 bridgehead atoms. The maximum atomic E-state index is 13.5. The zero-order valence-electron chi connectivity index (χ0n) is 17.5. The number of nitro groups is 1. The molecule has 4 atom stereocenters. The van der Waals surface area contributed by atoms with E-state index >= 15 is 0 Å². The highest BCUT2D eigenvalue weighted by Crippen LogP contribution is 2.71. The number of aliphatic hydroxyl groups is 1. The summed E-state index contributed by atoms with van der Waals surface area (Å²) < 4.78 is 5.77. The van der Waals surface area contributed by atoms with E-state index in [1.54, 1.807) is 12.1 Å². The topological polar surface area (TPSA) is 89.7 Å². The predicted octanol–water partition coefficient (Wildman–Crippen LogP) is 4.69. The molecule has 0 saturated heterocycles. The molecule has 2 fully saturated rings. The summed E-state index contributed by atoms with van der Waals surface area (Å²) in [6.07, 6.45) is 2.67. The number of fused-ring (bicyclic) bond motifs is 3. The Morgan fingerprint density at radius 2 is 2.03 bits per heavy atom. The van der Waals surface area contributed by atoms with Gasteiger partial charge in [-0.05, 0) is 78.5 Å². The molecule has 3 aliphatic rings. The SMILES string of the molecule is C=C1C[C@]23C[C@@]1(O)CC[C@H]2c1cccc(C)c1[C@@H]3C(=O)OCc1ccc([N+](=O)[O-])cc1. The molecule has 2 aromatic carbocycles. The predicted molar refractivity (Wildman–Crippen MR) is 115 cm³/mol.